The predicted octanol–water partition coefficient (Wildman–Crippen LogP) is 1.97. The van der Waals surface area contributed by atoms with Gasteiger partial charge in [-0.25, -0.2) is 4.98 Å². The highest BCUT2D eigenvalue weighted by Crippen LogP contribution is 2.22. The quantitative estimate of drug-likeness (QED) is 0.826. The van der Waals surface area contributed by atoms with E-state index in [1.165, 1.54) is 0 Å². The van der Waals surface area contributed by atoms with Crippen molar-refractivity contribution < 1.29 is 14.3 Å². The van der Waals surface area contributed by atoms with Crippen molar-refractivity contribution in [3.63, 3.8) is 0 Å². The number of amides is 2. The van der Waals surface area contributed by atoms with Crippen LogP contribution < -0.4 is 10.6 Å². The van der Waals surface area contributed by atoms with Crippen LogP contribution in [0.1, 0.15) is 35.7 Å². The summed E-state index contributed by atoms with van der Waals surface area (Å²) in [5.41, 5.74) is 1.69. The molecule has 0 bridgehead atoms. The second-order valence-electron chi connectivity index (χ2n) is 5.89. The first kappa shape index (κ1) is 17.6. The van der Waals surface area contributed by atoms with Crippen LogP contribution in [0.4, 0.5) is 0 Å². The smallest absolute Gasteiger partial charge is 0.251 e. The van der Waals surface area contributed by atoms with Crippen molar-refractivity contribution in [2.24, 2.45) is 0 Å². The van der Waals surface area contributed by atoms with Crippen molar-refractivity contribution in [2.75, 3.05) is 6.61 Å². The van der Waals surface area contributed by atoms with Gasteiger partial charge in [-0.05, 0) is 18.4 Å². The Kier molecular flexibility index (Phi) is 5.78. The van der Waals surface area contributed by atoms with Gasteiger partial charge in [0.2, 0.25) is 5.91 Å². The van der Waals surface area contributed by atoms with Gasteiger partial charge in [0.15, 0.2) is 6.10 Å². The zero-order chi connectivity index (χ0) is 17.6. The Morgan fingerprint density at radius 3 is 2.96 bits per heavy atom. The third kappa shape index (κ3) is 4.43. The number of carbonyl (C=O) groups excluding carboxylic acids is 2. The maximum Gasteiger partial charge on any atom is 0.251 e. The summed E-state index contributed by atoms with van der Waals surface area (Å²) in [4.78, 5) is 28.8. The topological polar surface area (TPSA) is 80.3 Å². The lowest BCUT2D eigenvalue weighted by Gasteiger charge is -2.31. The average Bonchev–Trinajstić information content (AvgIpc) is 3.08. The molecular weight excluding hydrogens is 338 g/mol. The molecule has 132 valence electrons. The van der Waals surface area contributed by atoms with Crippen molar-refractivity contribution in [3.05, 3.63) is 52.0 Å². The van der Waals surface area contributed by atoms with Crippen LogP contribution in [0, 0.1) is 0 Å². The molecule has 1 saturated heterocycles. The summed E-state index contributed by atoms with van der Waals surface area (Å²) in [6, 6.07) is 8.88. The van der Waals surface area contributed by atoms with E-state index in [1.807, 2.05) is 35.7 Å². The highest BCUT2D eigenvalue weighted by Gasteiger charge is 2.35. The molecule has 2 amide bonds. The molecule has 2 aromatic rings. The van der Waals surface area contributed by atoms with Crippen molar-refractivity contribution >= 4 is 23.2 Å². The van der Waals surface area contributed by atoms with Crippen LogP contribution in [-0.2, 0) is 27.3 Å². The molecule has 0 radical (unpaired) electrons. The largest absolute Gasteiger partial charge is 0.356 e. The maximum atomic E-state index is 12.6. The standard InChI is InChI=1S/C18H21N3O3S/c1-2-6-15-20-13(11-25-15)9-19-18(23)17-16(21-14(22)10-24-17)12-7-4-3-5-8-12/h3-5,7-8,11,16-17H,2,6,9-10H2,1H3,(H,19,23)(H,21,22)/t16-,17+/m1/s1. The van der Waals surface area contributed by atoms with E-state index in [-0.39, 0.29) is 18.4 Å². The lowest BCUT2D eigenvalue weighted by molar-refractivity contribution is -0.148. The zero-order valence-electron chi connectivity index (χ0n) is 14.0. The van der Waals surface area contributed by atoms with E-state index in [1.54, 1.807) is 11.3 Å². The van der Waals surface area contributed by atoms with Gasteiger partial charge in [0.1, 0.15) is 6.61 Å². The van der Waals surface area contributed by atoms with Crippen LogP contribution in [0.5, 0.6) is 0 Å². The molecule has 2 atom stereocenters. The number of aryl methyl sites for hydroxylation is 1. The summed E-state index contributed by atoms with van der Waals surface area (Å²) < 4.78 is 5.51. The fraction of sp³-hybridized carbons (Fsp3) is 0.389. The number of aromatic nitrogens is 1. The average molecular weight is 359 g/mol. The molecule has 1 aromatic carbocycles. The highest BCUT2D eigenvalue weighted by molar-refractivity contribution is 7.09. The van der Waals surface area contributed by atoms with E-state index in [0.717, 1.165) is 29.1 Å². The van der Waals surface area contributed by atoms with Crippen molar-refractivity contribution in [1.82, 2.24) is 15.6 Å². The second kappa shape index (κ2) is 8.22. The van der Waals surface area contributed by atoms with Crippen LogP contribution in [-0.4, -0.2) is 29.5 Å². The minimum absolute atomic E-state index is 0.112. The van der Waals surface area contributed by atoms with Crippen molar-refractivity contribution in [2.45, 2.75) is 38.5 Å². The molecule has 3 rings (SSSR count). The number of benzene rings is 1. The van der Waals surface area contributed by atoms with E-state index >= 15 is 0 Å². The molecule has 0 saturated carbocycles. The molecule has 0 unspecified atom stereocenters. The molecule has 7 heteroatoms. The lowest BCUT2D eigenvalue weighted by Crippen LogP contribution is -2.52. The van der Waals surface area contributed by atoms with Gasteiger partial charge in [0.25, 0.3) is 5.91 Å². The number of nitrogens with zero attached hydrogens (tertiary/aromatic N) is 1. The van der Waals surface area contributed by atoms with Crippen LogP contribution in [0.15, 0.2) is 35.7 Å². The Labute approximate surface area is 150 Å². The minimum atomic E-state index is -0.756. The van der Waals surface area contributed by atoms with Crippen molar-refractivity contribution in [1.29, 1.82) is 0 Å². The highest BCUT2D eigenvalue weighted by atomic mass is 32.1. The van der Waals surface area contributed by atoms with Gasteiger partial charge in [-0.3, -0.25) is 9.59 Å². The monoisotopic (exact) mass is 359 g/mol. The summed E-state index contributed by atoms with van der Waals surface area (Å²) in [6.45, 7) is 2.36. The molecule has 2 heterocycles. The van der Waals surface area contributed by atoms with Gasteiger partial charge >= 0.3 is 0 Å². The molecule has 0 aliphatic carbocycles. The van der Waals surface area contributed by atoms with Crippen molar-refractivity contribution in [3.8, 4) is 0 Å². The van der Waals surface area contributed by atoms with Gasteiger partial charge in [0.05, 0.1) is 23.3 Å². The number of thiazole rings is 1. The first-order chi connectivity index (χ1) is 12.2. The van der Waals surface area contributed by atoms with E-state index in [0.29, 0.717) is 6.54 Å². The third-order valence-electron chi connectivity index (χ3n) is 3.94. The Morgan fingerprint density at radius 1 is 1.40 bits per heavy atom. The predicted molar refractivity (Wildman–Crippen MR) is 95.0 cm³/mol. The summed E-state index contributed by atoms with van der Waals surface area (Å²) in [7, 11) is 0. The van der Waals surface area contributed by atoms with E-state index in [4.69, 9.17) is 4.74 Å². The summed E-state index contributed by atoms with van der Waals surface area (Å²) >= 11 is 1.61. The van der Waals surface area contributed by atoms with E-state index in [2.05, 4.69) is 22.5 Å². The molecule has 6 nitrogen and oxygen atoms in total. The molecule has 2 N–H and O–H groups in total. The van der Waals surface area contributed by atoms with Gasteiger partial charge in [-0.2, -0.15) is 0 Å². The van der Waals surface area contributed by atoms with Crippen LogP contribution in [0.2, 0.25) is 0 Å². The molecule has 0 spiro atoms. The van der Waals surface area contributed by atoms with Gasteiger partial charge in [0, 0.05) is 5.38 Å². The SMILES string of the molecule is CCCc1nc(CNC(=O)[C@H]2OCC(=O)N[C@@H]2c2ccccc2)cs1. The molecule has 1 aromatic heterocycles. The fourth-order valence-electron chi connectivity index (χ4n) is 2.74. The molecule has 1 aliphatic heterocycles. The molecule has 1 aliphatic rings. The Morgan fingerprint density at radius 2 is 2.20 bits per heavy atom. The first-order valence-electron chi connectivity index (χ1n) is 8.34. The molecular formula is C18H21N3O3S. The minimum Gasteiger partial charge on any atom is -0.356 e. The lowest BCUT2D eigenvalue weighted by atomic mass is 9.99. The first-order valence-corrected chi connectivity index (χ1v) is 9.22. The number of carbonyl (C=O) groups is 2. The summed E-state index contributed by atoms with van der Waals surface area (Å²) in [5, 5.41) is 8.75. The second-order valence-corrected chi connectivity index (χ2v) is 6.83. The number of morpholine rings is 1. The number of rotatable bonds is 6. The number of hydrogen-bond donors (Lipinski definition) is 2. The Balaban J connectivity index is 1.65. The van der Waals surface area contributed by atoms with Gasteiger partial charge < -0.3 is 15.4 Å². The van der Waals surface area contributed by atoms with Gasteiger partial charge in [-0.15, -0.1) is 11.3 Å². The Hall–Kier alpha value is -2.25. The number of hydrogen-bond acceptors (Lipinski definition) is 5. The van der Waals surface area contributed by atoms with E-state index < -0.39 is 12.1 Å². The molecule has 1 fully saturated rings. The fourth-order valence-corrected chi connectivity index (χ4v) is 3.64. The van der Waals surface area contributed by atoms with Crippen LogP contribution in [0.3, 0.4) is 0 Å². The number of ether oxygens (including phenoxy) is 1. The zero-order valence-corrected chi connectivity index (χ0v) is 14.8. The van der Waals surface area contributed by atoms with Gasteiger partial charge in [-0.1, -0.05) is 37.3 Å². The summed E-state index contributed by atoms with van der Waals surface area (Å²) in [5.74, 6) is -0.472. The van der Waals surface area contributed by atoms with Crippen LogP contribution in [0.25, 0.3) is 0 Å². The van der Waals surface area contributed by atoms with E-state index in [9.17, 15) is 9.59 Å². The number of nitrogens with one attached hydrogen (secondary N) is 2. The Bertz CT molecular complexity index is 732. The third-order valence-corrected chi connectivity index (χ3v) is 4.89. The summed E-state index contributed by atoms with van der Waals surface area (Å²) in [6.07, 6.45) is 1.24. The normalized spacial score (nSPS) is 20.1. The van der Waals surface area contributed by atoms with Crippen LogP contribution >= 0.6 is 11.3 Å². The maximum absolute atomic E-state index is 12.6. The molecule has 25 heavy (non-hydrogen) atoms.